The summed E-state index contributed by atoms with van der Waals surface area (Å²) in [7, 11) is 0. The number of thioether (sulfide) groups is 1. The van der Waals surface area contributed by atoms with Crippen LogP contribution in [-0.2, 0) is 17.8 Å². The van der Waals surface area contributed by atoms with E-state index in [1.165, 1.54) is 17.3 Å². The van der Waals surface area contributed by atoms with Gasteiger partial charge in [-0.05, 0) is 30.9 Å². The molecule has 0 saturated carbocycles. The van der Waals surface area contributed by atoms with E-state index < -0.39 is 0 Å². The number of nitrogens with one attached hydrogen (secondary N) is 1. The molecule has 0 aliphatic carbocycles. The van der Waals surface area contributed by atoms with Crippen LogP contribution in [0, 0.1) is 12.8 Å². The first-order valence-electron chi connectivity index (χ1n) is 9.45. The van der Waals surface area contributed by atoms with Crippen LogP contribution >= 0.6 is 11.8 Å². The number of benzene rings is 1. The van der Waals surface area contributed by atoms with Crippen LogP contribution in [0.5, 0.6) is 0 Å². The van der Waals surface area contributed by atoms with Crippen LogP contribution in [0.2, 0.25) is 0 Å². The Morgan fingerprint density at radius 1 is 1.21 bits per heavy atom. The first kappa shape index (κ1) is 20.2. The molecule has 7 heteroatoms. The van der Waals surface area contributed by atoms with E-state index in [0.717, 1.165) is 35.3 Å². The molecule has 0 aliphatic heterocycles. The lowest BCUT2D eigenvalue weighted by Gasteiger charge is -2.12. The molecule has 0 bridgehead atoms. The zero-order chi connectivity index (χ0) is 19.9. The fourth-order valence-electron chi connectivity index (χ4n) is 2.91. The molecule has 6 nitrogen and oxygen atoms in total. The highest BCUT2D eigenvalue weighted by molar-refractivity contribution is 7.99. The number of aryl methyl sites for hydroxylation is 1. The van der Waals surface area contributed by atoms with Crippen LogP contribution in [0.25, 0.3) is 11.4 Å². The van der Waals surface area contributed by atoms with Gasteiger partial charge in [-0.2, -0.15) is 0 Å². The van der Waals surface area contributed by atoms with Gasteiger partial charge < -0.3 is 14.3 Å². The monoisotopic (exact) mass is 398 g/mol. The van der Waals surface area contributed by atoms with Crippen molar-refractivity contribution in [1.29, 1.82) is 0 Å². The quantitative estimate of drug-likeness (QED) is 0.553. The van der Waals surface area contributed by atoms with Crippen molar-refractivity contribution in [3.05, 3.63) is 54.0 Å². The smallest absolute Gasteiger partial charge is 0.230 e. The summed E-state index contributed by atoms with van der Waals surface area (Å²) in [5.41, 5.74) is 2.15. The Bertz CT molecular complexity index is 902. The average molecular weight is 399 g/mol. The van der Waals surface area contributed by atoms with Crippen molar-refractivity contribution in [3.8, 4) is 11.4 Å². The third-order valence-electron chi connectivity index (χ3n) is 4.28. The van der Waals surface area contributed by atoms with Crippen molar-refractivity contribution in [2.45, 2.75) is 38.9 Å². The van der Waals surface area contributed by atoms with Gasteiger partial charge in [0.15, 0.2) is 11.0 Å². The van der Waals surface area contributed by atoms with Gasteiger partial charge in [-0.25, -0.2) is 0 Å². The standard InChI is InChI=1S/C21H26N4O2S/c1-15(2)13-25-20(18-10-12-27-16(18)3)23-24-21(25)28-14-19(26)22-11-9-17-7-5-4-6-8-17/h4-8,10,12,15H,9,11,13-14H2,1-3H3,(H,22,26). The molecule has 0 fully saturated rings. The number of rotatable bonds is 9. The van der Waals surface area contributed by atoms with Gasteiger partial charge in [0.05, 0.1) is 17.6 Å². The summed E-state index contributed by atoms with van der Waals surface area (Å²) in [6, 6.07) is 12.0. The van der Waals surface area contributed by atoms with Crippen molar-refractivity contribution in [2.24, 2.45) is 5.92 Å². The SMILES string of the molecule is Cc1occc1-c1nnc(SCC(=O)NCCc2ccccc2)n1CC(C)C. The van der Waals surface area contributed by atoms with Crippen molar-refractivity contribution < 1.29 is 9.21 Å². The van der Waals surface area contributed by atoms with Crippen molar-refractivity contribution in [3.63, 3.8) is 0 Å². The van der Waals surface area contributed by atoms with Crippen LogP contribution in [-0.4, -0.2) is 33.0 Å². The molecular formula is C21H26N4O2S. The Morgan fingerprint density at radius 3 is 2.68 bits per heavy atom. The maximum Gasteiger partial charge on any atom is 0.230 e. The maximum absolute atomic E-state index is 12.2. The zero-order valence-electron chi connectivity index (χ0n) is 16.5. The third kappa shape index (κ3) is 5.25. The summed E-state index contributed by atoms with van der Waals surface area (Å²) < 4.78 is 7.49. The van der Waals surface area contributed by atoms with Gasteiger partial charge in [0.25, 0.3) is 0 Å². The highest BCUT2D eigenvalue weighted by Crippen LogP contribution is 2.27. The molecule has 2 heterocycles. The highest BCUT2D eigenvalue weighted by atomic mass is 32.2. The second kappa shape index (κ2) is 9.59. The minimum atomic E-state index is 0.000990. The van der Waals surface area contributed by atoms with E-state index in [1.54, 1.807) is 6.26 Å². The summed E-state index contributed by atoms with van der Waals surface area (Å²) in [6.45, 7) is 7.62. The van der Waals surface area contributed by atoms with Gasteiger partial charge in [-0.1, -0.05) is 55.9 Å². The fraction of sp³-hybridized carbons (Fsp3) is 0.381. The Balaban J connectivity index is 1.59. The van der Waals surface area contributed by atoms with Crippen LogP contribution in [0.4, 0.5) is 0 Å². The number of hydrogen-bond donors (Lipinski definition) is 1. The molecule has 28 heavy (non-hydrogen) atoms. The fourth-order valence-corrected chi connectivity index (χ4v) is 3.69. The van der Waals surface area contributed by atoms with E-state index in [9.17, 15) is 4.79 Å². The lowest BCUT2D eigenvalue weighted by atomic mass is 10.1. The van der Waals surface area contributed by atoms with Crippen LogP contribution in [0.1, 0.15) is 25.2 Å². The predicted octanol–water partition coefficient (Wildman–Crippen LogP) is 3.95. The molecule has 3 rings (SSSR count). The number of carbonyl (C=O) groups is 1. The molecule has 0 atom stereocenters. The second-order valence-electron chi connectivity index (χ2n) is 7.08. The molecule has 1 amide bonds. The van der Waals surface area contributed by atoms with E-state index in [2.05, 4.69) is 46.1 Å². The van der Waals surface area contributed by atoms with Gasteiger partial charge in [-0.15, -0.1) is 10.2 Å². The van der Waals surface area contributed by atoms with Gasteiger partial charge in [0, 0.05) is 13.1 Å². The van der Waals surface area contributed by atoms with Crippen molar-refractivity contribution >= 4 is 17.7 Å². The molecule has 0 saturated heterocycles. The van der Waals surface area contributed by atoms with E-state index in [1.807, 2.05) is 31.2 Å². The molecule has 1 aromatic carbocycles. The Labute approximate surface area is 169 Å². The molecule has 0 radical (unpaired) electrons. The Kier molecular flexibility index (Phi) is 6.92. The first-order valence-corrected chi connectivity index (χ1v) is 10.4. The zero-order valence-corrected chi connectivity index (χ0v) is 17.3. The summed E-state index contributed by atoms with van der Waals surface area (Å²) in [5, 5.41) is 12.4. The van der Waals surface area contributed by atoms with Crippen LogP contribution in [0.15, 0.2) is 52.2 Å². The largest absolute Gasteiger partial charge is 0.469 e. The number of furan rings is 1. The minimum Gasteiger partial charge on any atom is -0.469 e. The number of amides is 1. The van der Waals surface area contributed by atoms with E-state index in [4.69, 9.17) is 4.42 Å². The van der Waals surface area contributed by atoms with Gasteiger partial charge in [0.2, 0.25) is 5.91 Å². The van der Waals surface area contributed by atoms with Gasteiger partial charge in [-0.3, -0.25) is 4.79 Å². The highest BCUT2D eigenvalue weighted by Gasteiger charge is 2.19. The molecule has 148 valence electrons. The number of carbonyl (C=O) groups excluding carboxylic acids is 1. The normalized spacial score (nSPS) is 11.1. The lowest BCUT2D eigenvalue weighted by Crippen LogP contribution is -2.27. The molecule has 0 aliphatic rings. The summed E-state index contributed by atoms with van der Waals surface area (Å²) in [6.07, 6.45) is 2.48. The molecular weight excluding hydrogens is 372 g/mol. The number of aromatic nitrogens is 3. The van der Waals surface area contributed by atoms with Crippen LogP contribution < -0.4 is 5.32 Å². The molecule has 0 spiro atoms. The predicted molar refractivity (Wildman–Crippen MR) is 111 cm³/mol. The summed E-state index contributed by atoms with van der Waals surface area (Å²) in [5.74, 6) is 2.34. The maximum atomic E-state index is 12.2. The topological polar surface area (TPSA) is 72.9 Å². The molecule has 1 N–H and O–H groups in total. The van der Waals surface area contributed by atoms with Crippen molar-refractivity contribution in [1.82, 2.24) is 20.1 Å². The molecule has 3 aromatic rings. The van der Waals surface area contributed by atoms with E-state index >= 15 is 0 Å². The number of nitrogens with zero attached hydrogens (tertiary/aromatic N) is 3. The lowest BCUT2D eigenvalue weighted by molar-refractivity contribution is -0.118. The van der Waals surface area contributed by atoms with E-state index in [0.29, 0.717) is 18.2 Å². The van der Waals surface area contributed by atoms with Crippen molar-refractivity contribution in [2.75, 3.05) is 12.3 Å². The minimum absolute atomic E-state index is 0.000990. The third-order valence-corrected chi connectivity index (χ3v) is 5.24. The Morgan fingerprint density at radius 2 is 2.00 bits per heavy atom. The average Bonchev–Trinajstić information content (AvgIpc) is 3.26. The molecule has 0 unspecified atom stereocenters. The van der Waals surface area contributed by atoms with Gasteiger partial charge >= 0.3 is 0 Å². The second-order valence-corrected chi connectivity index (χ2v) is 8.02. The number of hydrogen-bond acceptors (Lipinski definition) is 5. The van der Waals surface area contributed by atoms with E-state index in [-0.39, 0.29) is 5.91 Å². The summed E-state index contributed by atoms with van der Waals surface area (Å²) in [4.78, 5) is 12.2. The Hall–Kier alpha value is -2.54. The molecule has 2 aromatic heterocycles. The summed E-state index contributed by atoms with van der Waals surface area (Å²) >= 11 is 1.41. The first-order chi connectivity index (χ1) is 13.5. The van der Waals surface area contributed by atoms with Gasteiger partial charge in [0.1, 0.15) is 5.76 Å². The van der Waals surface area contributed by atoms with Crippen LogP contribution in [0.3, 0.4) is 0 Å².